The maximum absolute atomic E-state index is 12.1. The molecule has 1 saturated heterocycles. The summed E-state index contributed by atoms with van der Waals surface area (Å²) in [6, 6.07) is 1.31. The fourth-order valence-corrected chi connectivity index (χ4v) is 2.63. The molecule has 102 valence electrons. The van der Waals surface area contributed by atoms with Gasteiger partial charge in [0.25, 0.3) is 0 Å². The molecule has 1 aromatic rings. The first-order chi connectivity index (χ1) is 8.97. The van der Waals surface area contributed by atoms with E-state index in [2.05, 4.69) is 15.3 Å². The molecule has 3 N–H and O–H groups in total. The third-order valence-electron chi connectivity index (χ3n) is 2.61. The molecule has 0 unspecified atom stereocenters. The number of nitrogens with one attached hydrogen (secondary N) is 1. The summed E-state index contributed by atoms with van der Waals surface area (Å²) in [5.74, 6) is 0.122. The van der Waals surface area contributed by atoms with Crippen LogP contribution in [0.1, 0.15) is 12.6 Å². The third-order valence-corrected chi connectivity index (χ3v) is 3.55. The molecule has 1 aliphatic rings. The van der Waals surface area contributed by atoms with Crippen LogP contribution >= 0.6 is 11.8 Å². The van der Waals surface area contributed by atoms with E-state index in [-0.39, 0.29) is 11.9 Å². The number of nitrogen functional groups attached to an aromatic ring is 1. The Labute approximate surface area is 115 Å². The smallest absolute Gasteiger partial charge is 0.324 e. The number of thioether (sulfide) groups is 1. The molecule has 0 radical (unpaired) electrons. The maximum atomic E-state index is 12.1. The van der Waals surface area contributed by atoms with Gasteiger partial charge >= 0.3 is 6.03 Å². The number of rotatable bonds is 3. The molecule has 1 fully saturated rings. The lowest BCUT2D eigenvalue weighted by atomic mass is 10.4. The van der Waals surface area contributed by atoms with Gasteiger partial charge in [0.2, 0.25) is 5.91 Å². The van der Waals surface area contributed by atoms with Crippen LogP contribution in [0.25, 0.3) is 0 Å². The second-order valence-corrected chi connectivity index (χ2v) is 5.51. The number of aryl methyl sites for hydroxylation is 1. The summed E-state index contributed by atoms with van der Waals surface area (Å²) in [5.41, 5.74) is 6.38. The van der Waals surface area contributed by atoms with Gasteiger partial charge in [-0.3, -0.25) is 9.69 Å². The van der Waals surface area contributed by atoms with Crippen LogP contribution < -0.4 is 11.1 Å². The van der Waals surface area contributed by atoms with Crippen molar-refractivity contribution in [3.05, 3.63) is 11.8 Å². The fourth-order valence-electron chi connectivity index (χ4n) is 1.73. The van der Waals surface area contributed by atoms with Crippen LogP contribution in [0.3, 0.4) is 0 Å². The quantitative estimate of drug-likeness (QED) is 0.614. The van der Waals surface area contributed by atoms with Crippen molar-refractivity contribution < 1.29 is 9.59 Å². The molecule has 1 atom stereocenters. The second kappa shape index (κ2) is 5.43. The van der Waals surface area contributed by atoms with Crippen LogP contribution in [-0.2, 0) is 4.79 Å². The highest BCUT2D eigenvalue weighted by Gasteiger charge is 2.30. The minimum absolute atomic E-state index is 0.247. The maximum Gasteiger partial charge on any atom is 0.324 e. The fraction of sp³-hybridized carbons (Fsp3) is 0.455. The van der Waals surface area contributed by atoms with E-state index in [9.17, 15) is 9.59 Å². The van der Waals surface area contributed by atoms with E-state index in [0.717, 1.165) is 5.69 Å². The number of carbonyl (C=O) groups is 2. The van der Waals surface area contributed by atoms with Crippen molar-refractivity contribution in [2.75, 3.05) is 18.8 Å². The van der Waals surface area contributed by atoms with Crippen molar-refractivity contribution in [1.29, 1.82) is 0 Å². The van der Waals surface area contributed by atoms with Crippen LogP contribution in [-0.4, -0.2) is 45.1 Å². The van der Waals surface area contributed by atoms with Gasteiger partial charge < -0.3 is 11.1 Å². The molecule has 19 heavy (non-hydrogen) atoms. The minimum Gasteiger partial charge on any atom is -0.384 e. The van der Waals surface area contributed by atoms with Gasteiger partial charge in [-0.05, 0) is 13.8 Å². The van der Waals surface area contributed by atoms with E-state index >= 15 is 0 Å². The van der Waals surface area contributed by atoms with Gasteiger partial charge in [0.05, 0.1) is 5.25 Å². The van der Waals surface area contributed by atoms with Crippen LogP contribution in [0.4, 0.5) is 10.6 Å². The Kier molecular flexibility index (Phi) is 3.89. The first-order valence-electron chi connectivity index (χ1n) is 5.84. The van der Waals surface area contributed by atoms with Gasteiger partial charge in [-0.2, -0.15) is 0 Å². The van der Waals surface area contributed by atoms with E-state index in [1.165, 1.54) is 16.7 Å². The predicted octanol–water partition coefficient (Wildman–Crippen LogP) is 0.400. The van der Waals surface area contributed by atoms with E-state index in [0.29, 0.717) is 24.1 Å². The Morgan fingerprint density at radius 3 is 2.89 bits per heavy atom. The number of anilines is 1. The summed E-state index contributed by atoms with van der Waals surface area (Å²) in [6.07, 6.45) is 0. The first kappa shape index (κ1) is 13.6. The molecule has 2 heterocycles. The minimum atomic E-state index is -0.440. The second-order valence-electron chi connectivity index (χ2n) is 4.20. The van der Waals surface area contributed by atoms with E-state index in [1.54, 1.807) is 13.0 Å². The highest BCUT2D eigenvalue weighted by molar-refractivity contribution is 8.00. The summed E-state index contributed by atoms with van der Waals surface area (Å²) < 4.78 is 0. The largest absolute Gasteiger partial charge is 0.384 e. The van der Waals surface area contributed by atoms with Crippen molar-refractivity contribution in [3.63, 3.8) is 0 Å². The number of aromatic nitrogens is 2. The number of hydrogen-bond donors (Lipinski definition) is 2. The molecule has 0 spiro atoms. The zero-order valence-electron chi connectivity index (χ0n) is 10.7. The van der Waals surface area contributed by atoms with Crippen molar-refractivity contribution in [2.45, 2.75) is 24.3 Å². The zero-order valence-corrected chi connectivity index (χ0v) is 11.5. The predicted molar refractivity (Wildman–Crippen MR) is 71.6 cm³/mol. The molecular formula is C11H15N5O2S. The summed E-state index contributed by atoms with van der Waals surface area (Å²) in [4.78, 5) is 33.0. The lowest BCUT2D eigenvalue weighted by Gasteiger charge is -2.16. The van der Waals surface area contributed by atoms with Crippen molar-refractivity contribution in [1.82, 2.24) is 20.2 Å². The molecule has 7 nitrogen and oxygen atoms in total. The molecule has 0 bridgehead atoms. The highest BCUT2D eigenvalue weighted by atomic mass is 32.2. The van der Waals surface area contributed by atoms with E-state index in [4.69, 9.17) is 5.73 Å². The first-order valence-corrected chi connectivity index (χ1v) is 6.72. The van der Waals surface area contributed by atoms with E-state index in [1.807, 2.05) is 6.92 Å². The molecule has 8 heteroatoms. The highest BCUT2D eigenvalue weighted by Crippen LogP contribution is 2.22. The van der Waals surface area contributed by atoms with Crippen LogP contribution in [0, 0.1) is 6.92 Å². The Morgan fingerprint density at radius 1 is 1.58 bits per heavy atom. The van der Waals surface area contributed by atoms with Crippen LogP contribution in [0.2, 0.25) is 0 Å². The van der Waals surface area contributed by atoms with Gasteiger partial charge in [0, 0.05) is 24.8 Å². The average molecular weight is 281 g/mol. The molecule has 2 rings (SSSR count). The Bertz CT molecular complexity index is 502. The molecule has 0 saturated carbocycles. The van der Waals surface area contributed by atoms with E-state index < -0.39 is 5.25 Å². The lowest BCUT2D eigenvalue weighted by Crippen LogP contribution is -2.39. The monoisotopic (exact) mass is 281 g/mol. The Hall–Kier alpha value is -1.83. The van der Waals surface area contributed by atoms with Gasteiger partial charge in [0.15, 0.2) is 5.16 Å². The number of carbonyl (C=O) groups excluding carboxylic acids is 2. The van der Waals surface area contributed by atoms with Crippen molar-refractivity contribution in [3.8, 4) is 0 Å². The normalized spacial score (nSPS) is 16.3. The molecule has 0 aromatic carbocycles. The third kappa shape index (κ3) is 3.14. The number of hydrogen-bond acceptors (Lipinski definition) is 6. The molecular weight excluding hydrogens is 266 g/mol. The topological polar surface area (TPSA) is 101 Å². The van der Waals surface area contributed by atoms with Gasteiger partial charge in [-0.1, -0.05) is 11.8 Å². The van der Waals surface area contributed by atoms with Crippen molar-refractivity contribution >= 4 is 29.5 Å². The summed E-state index contributed by atoms with van der Waals surface area (Å²) >= 11 is 1.20. The zero-order chi connectivity index (χ0) is 14.0. The number of nitrogens with zero attached hydrogens (tertiary/aromatic N) is 3. The van der Waals surface area contributed by atoms with Gasteiger partial charge in [-0.25, -0.2) is 14.8 Å². The molecule has 3 amide bonds. The van der Waals surface area contributed by atoms with Crippen LogP contribution in [0.5, 0.6) is 0 Å². The standard InChI is InChI=1S/C11H15N5O2S/c1-6-5-8(12)15-10(14-6)19-7(2)9(17)16-4-3-13-11(16)18/h5,7H,3-4H2,1-2H3,(H,13,18)(H2,12,14,15)/t7-/m1/s1. The number of amides is 3. The SMILES string of the molecule is Cc1cc(N)nc(S[C@H](C)C(=O)N2CCNC2=O)n1. The van der Waals surface area contributed by atoms with Crippen molar-refractivity contribution in [2.24, 2.45) is 0 Å². The lowest BCUT2D eigenvalue weighted by molar-refractivity contribution is -0.126. The number of urea groups is 1. The Morgan fingerprint density at radius 2 is 2.32 bits per heavy atom. The summed E-state index contributed by atoms with van der Waals surface area (Å²) in [6.45, 7) is 4.43. The number of nitrogens with two attached hydrogens (primary N) is 1. The summed E-state index contributed by atoms with van der Waals surface area (Å²) in [7, 11) is 0. The van der Waals surface area contributed by atoms with Gasteiger partial charge in [0.1, 0.15) is 5.82 Å². The van der Waals surface area contributed by atoms with Gasteiger partial charge in [-0.15, -0.1) is 0 Å². The molecule has 1 aliphatic heterocycles. The Balaban J connectivity index is 2.05. The number of imide groups is 1. The molecule has 0 aliphatic carbocycles. The average Bonchev–Trinajstić information content (AvgIpc) is 2.73. The summed E-state index contributed by atoms with van der Waals surface area (Å²) in [5, 5.41) is 2.60. The molecule has 1 aromatic heterocycles. The van der Waals surface area contributed by atoms with Crippen LogP contribution in [0.15, 0.2) is 11.2 Å².